The second-order valence-electron chi connectivity index (χ2n) is 6.09. The topological polar surface area (TPSA) is 89.6 Å². The summed E-state index contributed by atoms with van der Waals surface area (Å²) < 4.78 is 0. The van der Waals surface area contributed by atoms with E-state index in [0.717, 1.165) is 36.9 Å². The number of anilines is 1. The van der Waals surface area contributed by atoms with Crippen LogP contribution in [0.3, 0.4) is 0 Å². The molecule has 0 saturated carbocycles. The lowest BCUT2D eigenvalue weighted by atomic mass is 9.96. The quantitative estimate of drug-likeness (QED) is 0.783. The summed E-state index contributed by atoms with van der Waals surface area (Å²) in [6.07, 6.45) is 4.48. The van der Waals surface area contributed by atoms with Gasteiger partial charge in [0.15, 0.2) is 0 Å². The number of aryl methyl sites for hydroxylation is 2. The predicted molar refractivity (Wildman–Crippen MR) is 103 cm³/mol. The highest BCUT2D eigenvalue weighted by atomic mass is 32.2. The molecule has 3 rings (SSSR count). The molecule has 2 heterocycles. The second kappa shape index (κ2) is 8.35. The van der Waals surface area contributed by atoms with E-state index in [-0.39, 0.29) is 5.91 Å². The molecule has 0 bridgehead atoms. The maximum atomic E-state index is 12.3. The SMILES string of the molecule is Cc1ccc(C#N)c(SCCC(=O)Nc2sc3c(c2C#N)CCCC3)n1. The summed E-state index contributed by atoms with van der Waals surface area (Å²) in [7, 11) is 0. The Labute approximate surface area is 161 Å². The summed E-state index contributed by atoms with van der Waals surface area (Å²) in [5.41, 5.74) is 3.13. The number of aromatic nitrogens is 1. The van der Waals surface area contributed by atoms with Crippen LogP contribution in [0.2, 0.25) is 0 Å². The van der Waals surface area contributed by atoms with Crippen LogP contribution >= 0.6 is 23.1 Å². The van der Waals surface area contributed by atoms with Gasteiger partial charge in [-0.25, -0.2) is 4.98 Å². The smallest absolute Gasteiger partial charge is 0.225 e. The van der Waals surface area contributed by atoms with E-state index in [1.54, 1.807) is 12.1 Å². The first-order valence-electron chi connectivity index (χ1n) is 8.47. The molecule has 2 aromatic heterocycles. The molecule has 1 amide bonds. The summed E-state index contributed by atoms with van der Waals surface area (Å²) in [6, 6.07) is 7.94. The molecular formula is C19H18N4OS2. The van der Waals surface area contributed by atoms with Gasteiger partial charge in [0, 0.05) is 22.7 Å². The minimum atomic E-state index is -0.112. The molecule has 132 valence electrons. The highest BCUT2D eigenvalue weighted by Gasteiger charge is 2.21. The average Bonchev–Trinajstić information content (AvgIpc) is 2.98. The standard InChI is InChI=1S/C19H18N4OS2/c1-12-6-7-13(10-20)18(22-12)25-9-8-17(24)23-19-15(11-21)14-4-2-3-5-16(14)26-19/h6-7H,2-5,8-9H2,1H3,(H,23,24). The fraction of sp³-hybridized carbons (Fsp3) is 0.368. The van der Waals surface area contributed by atoms with E-state index in [4.69, 9.17) is 5.26 Å². The molecule has 5 nitrogen and oxygen atoms in total. The Morgan fingerprint density at radius 3 is 2.88 bits per heavy atom. The second-order valence-corrected chi connectivity index (χ2v) is 8.28. The van der Waals surface area contributed by atoms with Gasteiger partial charge in [-0.15, -0.1) is 23.1 Å². The summed E-state index contributed by atoms with van der Waals surface area (Å²) in [6.45, 7) is 1.87. The van der Waals surface area contributed by atoms with Gasteiger partial charge >= 0.3 is 0 Å². The van der Waals surface area contributed by atoms with E-state index < -0.39 is 0 Å². The molecule has 2 aromatic rings. The molecule has 0 fully saturated rings. The lowest BCUT2D eigenvalue weighted by molar-refractivity contribution is -0.115. The van der Waals surface area contributed by atoms with Crippen molar-refractivity contribution in [3.05, 3.63) is 39.4 Å². The van der Waals surface area contributed by atoms with Crippen molar-refractivity contribution in [3.8, 4) is 12.1 Å². The van der Waals surface area contributed by atoms with Gasteiger partial charge in [-0.3, -0.25) is 4.79 Å². The van der Waals surface area contributed by atoms with Crippen LogP contribution in [0.25, 0.3) is 0 Å². The monoisotopic (exact) mass is 382 g/mol. The normalized spacial score (nSPS) is 12.7. The van der Waals surface area contributed by atoms with Crippen LogP contribution < -0.4 is 5.32 Å². The molecule has 1 aliphatic rings. The van der Waals surface area contributed by atoms with Gasteiger partial charge in [-0.1, -0.05) is 0 Å². The molecule has 7 heteroatoms. The van der Waals surface area contributed by atoms with E-state index in [0.29, 0.717) is 33.3 Å². The third-order valence-electron chi connectivity index (χ3n) is 4.22. The zero-order valence-electron chi connectivity index (χ0n) is 14.5. The molecule has 1 N–H and O–H groups in total. The number of fused-ring (bicyclic) bond motifs is 1. The van der Waals surface area contributed by atoms with E-state index >= 15 is 0 Å². The maximum Gasteiger partial charge on any atom is 0.225 e. The number of amides is 1. The summed E-state index contributed by atoms with van der Waals surface area (Å²) in [5.74, 6) is 0.419. The first-order valence-corrected chi connectivity index (χ1v) is 10.3. The van der Waals surface area contributed by atoms with E-state index in [1.165, 1.54) is 28.0 Å². The predicted octanol–water partition coefficient (Wildman–Crippen LogP) is 4.19. The van der Waals surface area contributed by atoms with Crippen LogP contribution in [-0.2, 0) is 17.6 Å². The Bertz CT molecular complexity index is 921. The number of nitrogens with one attached hydrogen (secondary N) is 1. The summed E-state index contributed by atoms with van der Waals surface area (Å²) in [5, 5.41) is 22.8. The zero-order valence-corrected chi connectivity index (χ0v) is 16.1. The van der Waals surface area contributed by atoms with Crippen LogP contribution in [0.5, 0.6) is 0 Å². The number of pyridine rings is 1. The third kappa shape index (κ3) is 4.07. The molecule has 0 atom stereocenters. The summed E-state index contributed by atoms with van der Waals surface area (Å²) >= 11 is 2.94. The lowest BCUT2D eigenvalue weighted by Gasteiger charge is -2.09. The Morgan fingerprint density at radius 2 is 2.12 bits per heavy atom. The molecular weight excluding hydrogens is 364 g/mol. The largest absolute Gasteiger partial charge is 0.317 e. The molecule has 1 aliphatic carbocycles. The number of nitriles is 2. The summed E-state index contributed by atoms with van der Waals surface area (Å²) in [4.78, 5) is 17.9. The molecule has 0 aromatic carbocycles. The van der Waals surface area contributed by atoms with Gasteiger partial charge in [0.25, 0.3) is 0 Å². The molecule has 0 radical (unpaired) electrons. The van der Waals surface area contributed by atoms with Crippen LogP contribution in [0.1, 0.15) is 46.5 Å². The number of hydrogen-bond donors (Lipinski definition) is 1. The van der Waals surface area contributed by atoms with Crippen molar-refractivity contribution >= 4 is 34.0 Å². The number of nitrogens with zero attached hydrogens (tertiary/aromatic N) is 3. The molecule has 0 spiro atoms. The number of carbonyl (C=O) groups excluding carboxylic acids is 1. The number of carbonyl (C=O) groups is 1. The Balaban J connectivity index is 1.61. The van der Waals surface area contributed by atoms with Gasteiger partial charge in [-0.05, 0) is 50.3 Å². The van der Waals surface area contributed by atoms with Crippen molar-refractivity contribution in [2.75, 3.05) is 11.1 Å². The fourth-order valence-corrected chi connectivity index (χ4v) is 5.14. The van der Waals surface area contributed by atoms with Crippen molar-refractivity contribution in [2.24, 2.45) is 0 Å². The highest BCUT2D eigenvalue weighted by Crippen LogP contribution is 2.37. The van der Waals surface area contributed by atoms with E-state index in [9.17, 15) is 10.1 Å². The van der Waals surface area contributed by atoms with E-state index in [1.807, 2.05) is 6.92 Å². The molecule has 0 saturated heterocycles. The van der Waals surface area contributed by atoms with Crippen LogP contribution in [0.4, 0.5) is 5.00 Å². The third-order valence-corrected chi connectivity index (χ3v) is 6.42. The van der Waals surface area contributed by atoms with E-state index in [2.05, 4.69) is 22.4 Å². The van der Waals surface area contributed by atoms with Crippen LogP contribution in [0, 0.1) is 29.6 Å². The first kappa shape index (κ1) is 18.4. The van der Waals surface area contributed by atoms with Crippen molar-refractivity contribution in [1.29, 1.82) is 10.5 Å². The zero-order chi connectivity index (χ0) is 18.5. The lowest BCUT2D eigenvalue weighted by Crippen LogP contribution is -2.12. The first-order chi connectivity index (χ1) is 12.6. The minimum absolute atomic E-state index is 0.112. The van der Waals surface area contributed by atoms with Crippen molar-refractivity contribution < 1.29 is 4.79 Å². The maximum absolute atomic E-state index is 12.3. The fourth-order valence-electron chi connectivity index (χ4n) is 2.93. The van der Waals surface area contributed by atoms with Crippen LogP contribution in [-0.4, -0.2) is 16.6 Å². The number of thioether (sulfide) groups is 1. The van der Waals surface area contributed by atoms with Gasteiger partial charge in [0.05, 0.1) is 11.1 Å². The van der Waals surface area contributed by atoms with Gasteiger partial charge in [0.2, 0.25) is 5.91 Å². The Morgan fingerprint density at radius 1 is 1.31 bits per heavy atom. The van der Waals surface area contributed by atoms with Crippen LogP contribution in [0.15, 0.2) is 17.2 Å². The van der Waals surface area contributed by atoms with Gasteiger partial charge in [0.1, 0.15) is 22.2 Å². The number of rotatable bonds is 5. The Hall–Kier alpha value is -2.35. The minimum Gasteiger partial charge on any atom is -0.317 e. The van der Waals surface area contributed by atoms with Gasteiger partial charge in [-0.2, -0.15) is 10.5 Å². The highest BCUT2D eigenvalue weighted by molar-refractivity contribution is 7.99. The van der Waals surface area contributed by atoms with Crippen molar-refractivity contribution in [3.63, 3.8) is 0 Å². The molecule has 0 aliphatic heterocycles. The molecule has 26 heavy (non-hydrogen) atoms. The Kier molecular flexibility index (Phi) is 5.92. The van der Waals surface area contributed by atoms with Crippen molar-refractivity contribution in [2.45, 2.75) is 44.1 Å². The molecule has 0 unspecified atom stereocenters. The van der Waals surface area contributed by atoms with Gasteiger partial charge < -0.3 is 5.32 Å². The average molecular weight is 383 g/mol. The number of thiophene rings is 1. The van der Waals surface area contributed by atoms with Crippen molar-refractivity contribution in [1.82, 2.24) is 4.98 Å². The number of hydrogen-bond acceptors (Lipinski definition) is 6.